The van der Waals surface area contributed by atoms with Crippen molar-refractivity contribution >= 4 is 0 Å². The van der Waals surface area contributed by atoms with Gasteiger partial charge in [0, 0.05) is 18.8 Å². The van der Waals surface area contributed by atoms with Gasteiger partial charge >= 0.3 is 0 Å². The molecule has 1 atom stereocenters. The molecule has 2 aromatic rings. The quantitative estimate of drug-likeness (QED) is 0.906. The highest BCUT2D eigenvalue weighted by molar-refractivity contribution is 5.46. The molecule has 0 saturated carbocycles. The topological polar surface area (TPSA) is 67.1 Å². The summed E-state index contributed by atoms with van der Waals surface area (Å²) in [7, 11) is 2.10. The first-order valence-corrected chi connectivity index (χ1v) is 6.98. The Morgan fingerprint density at radius 1 is 1.45 bits per heavy atom. The van der Waals surface area contributed by atoms with Crippen molar-refractivity contribution in [2.75, 3.05) is 20.1 Å². The molecule has 1 unspecified atom stereocenters. The van der Waals surface area contributed by atoms with Crippen LogP contribution in [0.15, 0.2) is 28.9 Å². The van der Waals surface area contributed by atoms with Crippen molar-refractivity contribution < 1.29 is 4.52 Å². The molecule has 0 amide bonds. The summed E-state index contributed by atoms with van der Waals surface area (Å²) in [4.78, 5) is 10.9. The second-order valence-corrected chi connectivity index (χ2v) is 5.14. The number of aromatic nitrogens is 3. The highest BCUT2D eigenvalue weighted by atomic mass is 16.5. The Kier molecular flexibility index (Phi) is 4.03. The number of piperidine rings is 1. The average molecular weight is 273 g/mol. The Morgan fingerprint density at radius 3 is 3.15 bits per heavy atom. The largest absolute Gasteiger partial charge is 0.337 e. The molecule has 0 aliphatic carbocycles. The maximum Gasteiger partial charge on any atom is 0.241 e. The van der Waals surface area contributed by atoms with Crippen LogP contribution in [0.25, 0.3) is 11.5 Å². The highest BCUT2D eigenvalue weighted by Crippen LogP contribution is 2.15. The summed E-state index contributed by atoms with van der Waals surface area (Å²) in [5.74, 6) is 1.19. The molecule has 6 nitrogen and oxygen atoms in total. The zero-order valence-electron chi connectivity index (χ0n) is 11.6. The fraction of sp³-hybridized carbons (Fsp3) is 0.500. The van der Waals surface area contributed by atoms with Crippen LogP contribution >= 0.6 is 0 Å². The van der Waals surface area contributed by atoms with Gasteiger partial charge in [-0.15, -0.1) is 0 Å². The normalized spacial score (nSPS) is 19.4. The average Bonchev–Trinajstić information content (AvgIpc) is 2.97. The van der Waals surface area contributed by atoms with E-state index in [9.17, 15) is 0 Å². The molecular weight excluding hydrogens is 254 g/mol. The van der Waals surface area contributed by atoms with Gasteiger partial charge in [-0.2, -0.15) is 4.98 Å². The molecule has 0 radical (unpaired) electrons. The van der Waals surface area contributed by atoms with Gasteiger partial charge in [0.1, 0.15) is 5.69 Å². The van der Waals surface area contributed by atoms with Crippen LogP contribution in [-0.2, 0) is 6.54 Å². The number of hydrogen-bond donors (Lipinski definition) is 1. The van der Waals surface area contributed by atoms with Crippen molar-refractivity contribution in [3.05, 3.63) is 30.3 Å². The monoisotopic (exact) mass is 273 g/mol. The van der Waals surface area contributed by atoms with Crippen LogP contribution in [-0.4, -0.2) is 46.2 Å². The summed E-state index contributed by atoms with van der Waals surface area (Å²) in [6.07, 6.45) is 4.16. The fourth-order valence-corrected chi connectivity index (χ4v) is 2.47. The lowest BCUT2D eigenvalue weighted by atomic mass is 10.1. The molecule has 3 heterocycles. The van der Waals surface area contributed by atoms with Gasteiger partial charge in [0.2, 0.25) is 11.7 Å². The number of nitrogens with one attached hydrogen (secondary N) is 1. The van der Waals surface area contributed by atoms with E-state index in [0.29, 0.717) is 24.3 Å². The van der Waals surface area contributed by atoms with Gasteiger partial charge in [0.15, 0.2) is 0 Å². The number of hydrogen-bond acceptors (Lipinski definition) is 6. The molecule has 1 aliphatic heterocycles. The van der Waals surface area contributed by atoms with E-state index >= 15 is 0 Å². The van der Waals surface area contributed by atoms with E-state index in [1.807, 2.05) is 18.2 Å². The van der Waals surface area contributed by atoms with Gasteiger partial charge in [0.25, 0.3) is 0 Å². The molecule has 106 valence electrons. The molecule has 1 N–H and O–H groups in total. The van der Waals surface area contributed by atoms with E-state index in [-0.39, 0.29) is 0 Å². The standard InChI is InChI=1S/C14H19N5O/c1-19(11-5-4-7-15-9-11)10-13-17-14(18-20-13)12-6-2-3-8-16-12/h2-3,6,8,11,15H,4-5,7,9-10H2,1H3. The minimum absolute atomic E-state index is 0.536. The smallest absolute Gasteiger partial charge is 0.241 e. The van der Waals surface area contributed by atoms with Gasteiger partial charge in [0.05, 0.1) is 6.54 Å². The van der Waals surface area contributed by atoms with E-state index in [1.54, 1.807) is 6.20 Å². The maximum atomic E-state index is 5.32. The van der Waals surface area contributed by atoms with Crippen molar-refractivity contribution in [1.82, 2.24) is 25.3 Å². The third-order valence-electron chi connectivity index (χ3n) is 3.64. The molecule has 0 spiro atoms. The molecule has 0 bridgehead atoms. The van der Waals surface area contributed by atoms with Crippen molar-refractivity contribution in [3.63, 3.8) is 0 Å². The van der Waals surface area contributed by atoms with Crippen LogP contribution in [0.2, 0.25) is 0 Å². The van der Waals surface area contributed by atoms with Crippen molar-refractivity contribution in [3.8, 4) is 11.5 Å². The first kappa shape index (κ1) is 13.2. The van der Waals surface area contributed by atoms with E-state index in [1.165, 1.54) is 12.8 Å². The summed E-state index contributed by atoms with van der Waals surface area (Å²) in [6, 6.07) is 6.20. The molecule has 2 aromatic heterocycles. The van der Waals surface area contributed by atoms with Gasteiger partial charge in [-0.3, -0.25) is 9.88 Å². The predicted molar refractivity (Wildman–Crippen MR) is 74.9 cm³/mol. The summed E-state index contributed by atoms with van der Waals surface area (Å²) >= 11 is 0. The Hall–Kier alpha value is -1.79. The Bertz CT molecular complexity index is 536. The molecule has 6 heteroatoms. The van der Waals surface area contributed by atoms with Gasteiger partial charge in [-0.1, -0.05) is 11.2 Å². The lowest BCUT2D eigenvalue weighted by molar-refractivity contribution is 0.174. The zero-order chi connectivity index (χ0) is 13.8. The van der Waals surface area contributed by atoms with E-state index in [4.69, 9.17) is 4.52 Å². The summed E-state index contributed by atoms with van der Waals surface area (Å²) in [5.41, 5.74) is 0.740. The number of nitrogens with zero attached hydrogens (tertiary/aromatic N) is 4. The number of likely N-dealkylation sites (N-methyl/N-ethyl adjacent to an activating group) is 1. The van der Waals surface area contributed by atoms with Crippen molar-refractivity contribution in [1.29, 1.82) is 0 Å². The first-order chi connectivity index (χ1) is 9.83. The number of rotatable bonds is 4. The van der Waals surface area contributed by atoms with Crippen LogP contribution < -0.4 is 5.32 Å². The second-order valence-electron chi connectivity index (χ2n) is 5.14. The van der Waals surface area contributed by atoms with E-state index < -0.39 is 0 Å². The van der Waals surface area contributed by atoms with Crippen LogP contribution in [0.3, 0.4) is 0 Å². The van der Waals surface area contributed by atoms with Crippen LogP contribution in [0.5, 0.6) is 0 Å². The SMILES string of the molecule is CN(Cc1nc(-c2ccccn2)no1)C1CCCNC1. The third-order valence-corrected chi connectivity index (χ3v) is 3.64. The predicted octanol–water partition coefficient (Wildman–Crippen LogP) is 1.32. The van der Waals surface area contributed by atoms with Gasteiger partial charge in [-0.25, -0.2) is 0 Å². The summed E-state index contributed by atoms with van der Waals surface area (Å²) < 4.78 is 5.32. The lowest BCUT2D eigenvalue weighted by Gasteiger charge is -2.30. The van der Waals surface area contributed by atoms with Gasteiger partial charge < -0.3 is 9.84 Å². The molecule has 1 fully saturated rings. The second kappa shape index (κ2) is 6.11. The van der Waals surface area contributed by atoms with Crippen molar-refractivity contribution in [2.45, 2.75) is 25.4 Å². The molecule has 1 aliphatic rings. The summed E-state index contributed by atoms with van der Waals surface area (Å²) in [6.45, 7) is 2.82. The Morgan fingerprint density at radius 2 is 2.40 bits per heavy atom. The fourth-order valence-electron chi connectivity index (χ4n) is 2.47. The van der Waals surface area contributed by atoms with Crippen LogP contribution in [0, 0.1) is 0 Å². The highest BCUT2D eigenvalue weighted by Gasteiger charge is 2.20. The van der Waals surface area contributed by atoms with Crippen LogP contribution in [0.1, 0.15) is 18.7 Å². The molecule has 1 saturated heterocycles. The van der Waals surface area contributed by atoms with Crippen LogP contribution in [0.4, 0.5) is 0 Å². The Balaban J connectivity index is 1.65. The zero-order valence-corrected chi connectivity index (χ0v) is 11.6. The molecule has 20 heavy (non-hydrogen) atoms. The van der Waals surface area contributed by atoms with E-state index in [0.717, 1.165) is 18.8 Å². The number of pyridine rings is 1. The van der Waals surface area contributed by atoms with E-state index in [2.05, 4.69) is 32.4 Å². The van der Waals surface area contributed by atoms with Crippen molar-refractivity contribution in [2.24, 2.45) is 0 Å². The lowest BCUT2D eigenvalue weighted by Crippen LogP contribution is -2.43. The first-order valence-electron chi connectivity index (χ1n) is 6.98. The third kappa shape index (κ3) is 3.02. The molecular formula is C14H19N5O. The van der Waals surface area contributed by atoms with Gasteiger partial charge in [-0.05, 0) is 38.6 Å². The Labute approximate surface area is 118 Å². The maximum absolute atomic E-state index is 5.32. The minimum Gasteiger partial charge on any atom is -0.337 e. The summed E-state index contributed by atoms with van der Waals surface area (Å²) in [5, 5.41) is 7.41. The molecule has 3 rings (SSSR count). The minimum atomic E-state index is 0.536. The molecule has 0 aromatic carbocycles.